The molecule has 2 bridgehead atoms. The van der Waals surface area contributed by atoms with Gasteiger partial charge in [-0.15, -0.1) is 5.10 Å². The van der Waals surface area contributed by atoms with Crippen LogP contribution in [-0.2, 0) is 20.7 Å². The summed E-state index contributed by atoms with van der Waals surface area (Å²) in [6, 6.07) is 13.1. The molecule has 1 aliphatic heterocycles. The van der Waals surface area contributed by atoms with Crippen LogP contribution < -0.4 is 10.6 Å². The largest absolute Gasteiger partial charge is 0.469 e. The maximum absolute atomic E-state index is 14.5. The van der Waals surface area contributed by atoms with Crippen molar-refractivity contribution in [2.45, 2.75) is 38.6 Å². The van der Waals surface area contributed by atoms with Gasteiger partial charge in [-0.2, -0.15) is 0 Å². The minimum absolute atomic E-state index is 0.00555. The van der Waals surface area contributed by atoms with Gasteiger partial charge in [0.15, 0.2) is 11.5 Å². The molecule has 0 saturated heterocycles. The first kappa shape index (κ1) is 28.9. The van der Waals surface area contributed by atoms with Gasteiger partial charge < -0.3 is 15.4 Å². The number of anilines is 1. The van der Waals surface area contributed by atoms with Crippen LogP contribution in [0.25, 0.3) is 16.9 Å². The monoisotopic (exact) mass is 590 g/mol. The number of ether oxygens (including phenoxy) is 1. The fraction of sp³-hybridized carbons (Fsp3) is 0.267. The molecule has 216 valence electrons. The predicted molar refractivity (Wildman–Crippen MR) is 154 cm³/mol. The number of hydrogen-bond acceptors (Lipinski definition) is 7. The molecule has 2 aromatic heterocycles. The average Bonchev–Trinajstić information content (AvgIpc) is 3.48. The summed E-state index contributed by atoms with van der Waals surface area (Å²) in [6.45, 7) is 1.84. The number of carbonyl (C=O) groups is 3. The molecule has 10 nitrogen and oxygen atoms in total. The van der Waals surface area contributed by atoms with E-state index in [-0.39, 0.29) is 40.6 Å². The Morgan fingerprint density at radius 1 is 1.19 bits per heavy atom. The number of rotatable bonds is 5. The molecular formula is C30H28ClFN6O4. The lowest BCUT2D eigenvalue weighted by atomic mass is 9.94. The number of methoxy groups -OCH3 is 1. The summed E-state index contributed by atoms with van der Waals surface area (Å²) in [5, 5.41) is 13.8. The van der Waals surface area contributed by atoms with Crippen molar-refractivity contribution < 1.29 is 23.5 Å². The molecule has 12 heteroatoms. The number of esters is 1. The lowest BCUT2D eigenvalue weighted by Crippen LogP contribution is -2.29. The standard InChI is InChI=1S/C30H28ClFN6O4/c1-17-5-3-7-22(34-30(41)25-16-38(37-36-25)26-8-4-6-21(31)28(26)32)19-11-12-33-23(15-19)20-10-9-18(14-27(39)42-2)13-24(20)35-29(17)40/h4,6,8-13,15-17,22H,3,5,7,14H2,1-2H3,(H,34,41)(H,35,40)/t17-,22+/m1/s1. The second-order valence-electron chi connectivity index (χ2n) is 10.1. The normalized spacial score (nSPS) is 16.8. The number of pyridine rings is 1. The first-order valence-electron chi connectivity index (χ1n) is 13.4. The Labute approximate surface area is 246 Å². The van der Waals surface area contributed by atoms with E-state index in [9.17, 15) is 18.8 Å². The summed E-state index contributed by atoms with van der Waals surface area (Å²) >= 11 is 5.89. The van der Waals surface area contributed by atoms with E-state index >= 15 is 0 Å². The molecule has 4 aromatic rings. The van der Waals surface area contributed by atoms with Gasteiger partial charge in [0.2, 0.25) is 5.91 Å². The molecule has 0 saturated carbocycles. The van der Waals surface area contributed by atoms with E-state index in [1.807, 2.05) is 19.1 Å². The smallest absolute Gasteiger partial charge is 0.309 e. The van der Waals surface area contributed by atoms with Gasteiger partial charge in [-0.25, -0.2) is 9.07 Å². The molecule has 42 heavy (non-hydrogen) atoms. The molecule has 1 aliphatic rings. The van der Waals surface area contributed by atoms with Gasteiger partial charge in [-0.1, -0.05) is 48.4 Å². The van der Waals surface area contributed by atoms with Gasteiger partial charge in [-0.05, 0) is 54.3 Å². The first-order chi connectivity index (χ1) is 20.2. The fourth-order valence-corrected chi connectivity index (χ4v) is 4.97. The van der Waals surface area contributed by atoms with Crippen LogP contribution in [0.4, 0.5) is 10.1 Å². The molecule has 0 radical (unpaired) electrons. The molecule has 0 unspecified atom stereocenters. The summed E-state index contributed by atoms with van der Waals surface area (Å²) in [4.78, 5) is 42.7. The van der Waals surface area contributed by atoms with Crippen LogP contribution in [0.3, 0.4) is 0 Å². The fourth-order valence-electron chi connectivity index (χ4n) is 4.80. The van der Waals surface area contributed by atoms with Crippen molar-refractivity contribution in [3.05, 3.63) is 88.6 Å². The molecule has 2 N–H and O–H groups in total. The molecule has 0 spiro atoms. The molecule has 0 aliphatic carbocycles. The van der Waals surface area contributed by atoms with Gasteiger partial charge >= 0.3 is 5.97 Å². The zero-order chi connectivity index (χ0) is 29.8. The van der Waals surface area contributed by atoms with Crippen LogP contribution in [-0.4, -0.2) is 44.9 Å². The van der Waals surface area contributed by atoms with E-state index in [2.05, 4.69) is 25.9 Å². The van der Waals surface area contributed by atoms with E-state index in [0.29, 0.717) is 41.8 Å². The van der Waals surface area contributed by atoms with E-state index in [4.69, 9.17) is 16.3 Å². The highest BCUT2D eigenvalue weighted by atomic mass is 35.5. The number of halogens is 2. The molecular weight excluding hydrogens is 563 g/mol. The van der Waals surface area contributed by atoms with Crippen molar-refractivity contribution in [2.24, 2.45) is 5.92 Å². The molecule has 0 fully saturated rings. The number of benzene rings is 2. The Balaban J connectivity index is 1.46. The number of nitrogens with one attached hydrogen (secondary N) is 2. The summed E-state index contributed by atoms with van der Waals surface area (Å²) < 4.78 is 20.4. The molecule has 2 amide bonds. The van der Waals surface area contributed by atoms with Crippen LogP contribution in [0.15, 0.2) is 60.9 Å². The van der Waals surface area contributed by atoms with E-state index in [1.165, 1.54) is 25.4 Å². The van der Waals surface area contributed by atoms with Gasteiger partial charge in [0.25, 0.3) is 5.91 Å². The quantitative estimate of drug-likeness (QED) is 0.311. The van der Waals surface area contributed by atoms with Crippen molar-refractivity contribution >= 4 is 35.1 Å². The maximum Gasteiger partial charge on any atom is 0.309 e. The minimum atomic E-state index is -0.671. The molecule has 2 atom stereocenters. The third-order valence-electron chi connectivity index (χ3n) is 7.17. The van der Waals surface area contributed by atoms with Crippen LogP contribution in [0.1, 0.15) is 53.8 Å². The number of aromatic nitrogens is 4. The number of nitrogens with zero attached hydrogens (tertiary/aromatic N) is 4. The third-order valence-corrected chi connectivity index (χ3v) is 7.46. The van der Waals surface area contributed by atoms with Crippen LogP contribution in [0.2, 0.25) is 5.02 Å². The van der Waals surface area contributed by atoms with Crippen LogP contribution in [0, 0.1) is 11.7 Å². The zero-order valence-electron chi connectivity index (χ0n) is 22.9. The Bertz CT molecular complexity index is 1660. The molecule has 2 aromatic carbocycles. The highest BCUT2D eigenvalue weighted by Crippen LogP contribution is 2.32. The second-order valence-corrected chi connectivity index (χ2v) is 10.5. The van der Waals surface area contributed by atoms with Gasteiger partial charge in [0, 0.05) is 17.7 Å². The Kier molecular flexibility index (Phi) is 8.58. The SMILES string of the molecule is COC(=O)Cc1ccc2c(c1)NC(=O)[C@H](C)CCC[C@H](NC(=O)c1cn(-c3cccc(Cl)c3F)nn1)c1ccnc-2c1. The predicted octanol–water partition coefficient (Wildman–Crippen LogP) is 5.07. The lowest BCUT2D eigenvalue weighted by Gasteiger charge is -2.22. The van der Waals surface area contributed by atoms with Crippen LogP contribution in [0.5, 0.6) is 0 Å². The van der Waals surface area contributed by atoms with Crippen molar-refractivity contribution in [3.63, 3.8) is 0 Å². The van der Waals surface area contributed by atoms with Gasteiger partial charge in [0.1, 0.15) is 5.69 Å². The molecule has 3 heterocycles. The Hall–Kier alpha value is -4.64. The number of amides is 2. The maximum atomic E-state index is 14.5. The van der Waals surface area contributed by atoms with Crippen molar-refractivity contribution in [2.75, 3.05) is 12.4 Å². The van der Waals surface area contributed by atoms with Crippen molar-refractivity contribution in [1.29, 1.82) is 0 Å². The zero-order valence-corrected chi connectivity index (χ0v) is 23.7. The summed E-state index contributed by atoms with van der Waals surface area (Å²) in [7, 11) is 1.32. The Morgan fingerprint density at radius 2 is 2.02 bits per heavy atom. The summed E-state index contributed by atoms with van der Waals surface area (Å²) in [5.74, 6) is -2.02. The van der Waals surface area contributed by atoms with Gasteiger partial charge in [-0.3, -0.25) is 19.4 Å². The number of fused-ring (bicyclic) bond motifs is 4. The van der Waals surface area contributed by atoms with E-state index < -0.39 is 17.8 Å². The highest BCUT2D eigenvalue weighted by Gasteiger charge is 2.23. The Morgan fingerprint density at radius 3 is 2.83 bits per heavy atom. The summed E-state index contributed by atoms with van der Waals surface area (Å²) in [6.07, 6.45) is 4.82. The number of carbonyl (C=O) groups excluding carboxylic acids is 3. The minimum Gasteiger partial charge on any atom is -0.469 e. The van der Waals surface area contributed by atoms with E-state index in [1.54, 1.807) is 30.5 Å². The summed E-state index contributed by atoms with van der Waals surface area (Å²) in [5.41, 5.74) is 3.36. The van der Waals surface area contributed by atoms with Crippen molar-refractivity contribution in [1.82, 2.24) is 25.3 Å². The molecule has 5 rings (SSSR count). The third kappa shape index (κ3) is 6.31. The average molecular weight is 591 g/mol. The topological polar surface area (TPSA) is 128 Å². The highest BCUT2D eigenvalue weighted by molar-refractivity contribution is 6.30. The lowest BCUT2D eigenvalue weighted by molar-refractivity contribution is -0.139. The van der Waals surface area contributed by atoms with E-state index in [0.717, 1.165) is 10.2 Å². The van der Waals surface area contributed by atoms with Crippen molar-refractivity contribution in [3.8, 4) is 16.9 Å². The number of hydrogen-bond donors (Lipinski definition) is 2. The first-order valence-corrected chi connectivity index (χ1v) is 13.8. The van der Waals surface area contributed by atoms with Gasteiger partial charge in [0.05, 0.1) is 42.2 Å². The second kappa shape index (κ2) is 12.5. The van der Waals surface area contributed by atoms with Crippen LogP contribution >= 0.6 is 11.6 Å².